The molecule has 0 heterocycles. The summed E-state index contributed by atoms with van der Waals surface area (Å²) < 4.78 is 10.7. The number of hydrogen-bond donors (Lipinski definition) is 2. The molecule has 172 valence electrons. The summed E-state index contributed by atoms with van der Waals surface area (Å²) in [5.41, 5.74) is 3.40. The first-order valence-electron chi connectivity index (χ1n) is 10.5. The van der Waals surface area contributed by atoms with Crippen molar-refractivity contribution in [2.45, 2.75) is 52.7 Å². The lowest BCUT2D eigenvalue weighted by molar-refractivity contribution is -0.121. The minimum absolute atomic E-state index is 0.0929. The van der Waals surface area contributed by atoms with E-state index in [9.17, 15) is 14.4 Å². The first-order chi connectivity index (χ1) is 15.0. The molecule has 0 aliphatic heterocycles. The molecule has 7 heteroatoms. The molecule has 2 amide bonds. The van der Waals surface area contributed by atoms with Crippen LogP contribution in [0.15, 0.2) is 42.5 Å². The minimum atomic E-state index is -0.622. The molecule has 2 rings (SSSR count). The lowest BCUT2D eigenvalue weighted by Crippen LogP contribution is -2.38. The smallest absolute Gasteiger partial charge is 0.407 e. The number of alkyl carbamates (subject to hydrolysis) is 1. The summed E-state index contributed by atoms with van der Waals surface area (Å²) in [6.45, 7) is 9.38. The molecule has 7 nitrogen and oxygen atoms in total. The average molecular weight is 441 g/mol. The number of benzene rings is 2. The van der Waals surface area contributed by atoms with Crippen molar-refractivity contribution in [3.05, 3.63) is 70.3 Å². The molecule has 32 heavy (non-hydrogen) atoms. The molecule has 0 aliphatic rings. The van der Waals surface area contributed by atoms with Crippen LogP contribution in [0.5, 0.6) is 0 Å². The van der Waals surface area contributed by atoms with Crippen LogP contribution in [0.3, 0.4) is 0 Å². The fourth-order valence-corrected chi connectivity index (χ4v) is 3.15. The number of hydrogen-bond acceptors (Lipinski definition) is 5. The average Bonchev–Trinajstić information content (AvgIpc) is 2.71. The van der Waals surface area contributed by atoms with Crippen LogP contribution < -0.4 is 10.6 Å². The lowest BCUT2D eigenvalue weighted by atomic mass is 9.97. The van der Waals surface area contributed by atoms with E-state index in [1.807, 2.05) is 26.0 Å². The second-order valence-electron chi connectivity index (χ2n) is 8.69. The number of carbonyl (C=O) groups is 3. The largest absolute Gasteiger partial charge is 0.457 e. The first kappa shape index (κ1) is 24.9. The summed E-state index contributed by atoms with van der Waals surface area (Å²) in [6, 6.07) is 12.8. The Labute approximate surface area is 189 Å². The van der Waals surface area contributed by atoms with E-state index in [4.69, 9.17) is 9.47 Å². The standard InChI is InChI=1S/C25H32N2O5/c1-16-7-12-20(17(2)13-16)23(29)31-15-18-8-10-19(11-9-18)21(22(28)26-6)14-27-24(30)32-25(3,4)5/h7-13,21H,14-15H2,1-6H3,(H,26,28)(H,27,30)/t21-/m1/s1. The molecule has 0 radical (unpaired) electrons. The Hall–Kier alpha value is -3.35. The molecule has 0 unspecified atom stereocenters. The van der Waals surface area contributed by atoms with E-state index >= 15 is 0 Å². The van der Waals surface area contributed by atoms with E-state index in [0.717, 1.165) is 22.3 Å². The molecule has 0 fully saturated rings. The van der Waals surface area contributed by atoms with Gasteiger partial charge in [-0.25, -0.2) is 9.59 Å². The van der Waals surface area contributed by atoms with Gasteiger partial charge in [0, 0.05) is 13.6 Å². The second-order valence-corrected chi connectivity index (χ2v) is 8.69. The SMILES string of the molecule is CNC(=O)[C@H](CNC(=O)OC(C)(C)C)c1ccc(COC(=O)c2ccc(C)cc2C)cc1. The molecular formula is C25H32N2O5. The third kappa shape index (κ3) is 7.41. The molecule has 1 atom stereocenters. The highest BCUT2D eigenvalue weighted by Gasteiger charge is 2.22. The van der Waals surface area contributed by atoms with Crippen LogP contribution in [0, 0.1) is 13.8 Å². The zero-order valence-corrected chi connectivity index (χ0v) is 19.6. The number of amides is 2. The zero-order chi connectivity index (χ0) is 23.9. The maximum absolute atomic E-state index is 12.4. The number of aryl methyl sites for hydroxylation is 2. The minimum Gasteiger partial charge on any atom is -0.457 e. The van der Waals surface area contributed by atoms with Gasteiger partial charge >= 0.3 is 12.1 Å². The monoisotopic (exact) mass is 440 g/mol. The summed E-state index contributed by atoms with van der Waals surface area (Å²) in [5.74, 6) is -1.19. The van der Waals surface area contributed by atoms with Gasteiger partial charge in [-0.15, -0.1) is 0 Å². The molecule has 0 bridgehead atoms. The highest BCUT2D eigenvalue weighted by molar-refractivity contribution is 5.91. The molecule has 0 saturated heterocycles. The van der Waals surface area contributed by atoms with Crippen molar-refractivity contribution in [2.75, 3.05) is 13.6 Å². The molecule has 2 N–H and O–H groups in total. The molecule has 0 aliphatic carbocycles. The summed E-state index contributed by atoms with van der Waals surface area (Å²) >= 11 is 0. The van der Waals surface area contributed by atoms with E-state index in [0.29, 0.717) is 5.56 Å². The molecule has 2 aromatic carbocycles. The van der Waals surface area contributed by atoms with E-state index in [1.165, 1.54) is 0 Å². The summed E-state index contributed by atoms with van der Waals surface area (Å²) in [5, 5.41) is 5.26. The van der Waals surface area contributed by atoms with Gasteiger partial charge < -0.3 is 20.1 Å². The molecule has 2 aromatic rings. The van der Waals surface area contributed by atoms with Crippen LogP contribution in [-0.4, -0.2) is 37.2 Å². The van der Waals surface area contributed by atoms with E-state index in [1.54, 1.807) is 58.2 Å². The van der Waals surface area contributed by atoms with Crippen LogP contribution in [0.4, 0.5) is 4.79 Å². The van der Waals surface area contributed by atoms with Crippen LogP contribution in [0.2, 0.25) is 0 Å². The van der Waals surface area contributed by atoms with Gasteiger partial charge in [-0.2, -0.15) is 0 Å². The third-order valence-electron chi connectivity index (χ3n) is 4.77. The number of carbonyl (C=O) groups excluding carboxylic acids is 3. The summed E-state index contributed by atoms with van der Waals surface area (Å²) in [4.78, 5) is 36.7. The van der Waals surface area contributed by atoms with Gasteiger partial charge in [-0.1, -0.05) is 42.0 Å². The van der Waals surface area contributed by atoms with Gasteiger partial charge in [0.25, 0.3) is 0 Å². The van der Waals surface area contributed by atoms with Gasteiger partial charge in [-0.05, 0) is 57.4 Å². The Bertz CT molecular complexity index is 961. The number of esters is 1. The van der Waals surface area contributed by atoms with Crippen molar-refractivity contribution in [2.24, 2.45) is 0 Å². The zero-order valence-electron chi connectivity index (χ0n) is 19.6. The highest BCUT2D eigenvalue weighted by Crippen LogP contribution is 2.18. The van der Waals surface area contributed by atoms with Crippen molar-refractivity contribution in [1.82, 2.24) is 10.6 Å². The number of nitrogens with one attached hydrogen (secondary N) is 2. The fraction of sp³-hybridized carbons (Fsp3) is 0.400. The van der Waals surface area contributed by atoms with Crippen LogP contribution >= 0.6 is 0 Å². The quantitative estimate of drug-likeness (QED) is 0.635. The van der Waals surface area contributed by atoms with Crippen LogP contribution in [0.25, 0.3) is 0 Å². The van der Waals surface area contributed by atoms with Crippen molar-refractivity contribution in [3.63, 3.8) is 0 Å². The predicted molar refractivity (Wildman–Crippen MR) is 123 cm³/mol. The fourth-order valence-electron chi connectivity index (χ4n) is 3.15. The Balaban J connectivity index is 2.01. The van der Waals surface area contributed by atoms with Gasteiger partial charge in [-0.3, -0.25) is 4.79 Å². The Morgan fingerprint density at radius 3 is 2.22 bits per heavy atom. The highest BCUT2D eigenvalue weighted by atomic mass is 16.6. The molecular weight excluding hydrogens is 408 g/mol. The van der Waals surface area contributed by atoms with Crippen molar-refractivity contribution < 1.29 is 23.9 Å². The predicted octanol–water partition coefficient (Wildman–Crippen LogP) is 4.01. The van der Waals surface area contributed by atoms with Crippen LogP contribution in [0.1, 0.15) is 59.3 Å². The first-order valence-corrected chi connectivity index (χ1v) is 10.5. The third-order valence-corrected chi connectivity index (χ3v) is 4.77. The number of likely N-dealkylation sites (N-methyl/N-ethyl adjacent to an activating group) is 1. The van der Waals surface area contributed by atoms with Gasteiger partial charge in [0.1, 0.15) is 12.2 Å². The van der Waals surface area contributed by atoms with Crippen molar-refractivity contribution >= 4 is 18.0 Å². The molecule has 0 aromatic heterocycles. The maximum atomic E-state index is 12.4. The van der Waals surface area contributed by atoms with Crippen molar-refractivity contribution in [1.29, 1.82) is 0 Å². The summed E-state index contributed by atoms with van der Waals surface area (Å²) in [6.07, 6.45) is -0.582. The van der Waals surface area contributed by atoms with E-state index in [2.05, 4.69) is 10.6 Å². The Morgan fingerprint density at radius 1 is 1.00 bits per heavy atom. The Kier molecular flexibility index (Phi) is 8.41. The topological polar surface area (TPSA) is 93.7 Å². The molecule has 0 spiro atoms. The van der Waals surface area contributed by atoms with Crippen LogP contribution in [-0.2, 0) is 20.9 Å². The van der Waals surface area contributed by atoms with E-state index < -0.39 is 17.6 Å². The van der Waals surface area contributed by atoms with Gasteiger partial charge in [0.2, 0.25) is 5.91 Å². The van der Waals surface area contributed by atoms with Gasteiger partial charge in [0.05, 0.1) is 11.5 Å². The van der Waals surface area contributed by atoms with E-state index in [-0.39, 0.29) is 25.0 Å². The normalized spacial score (nSPS) is 11.9. The lowest BCUT2D eigenvalue weighted by Gasteiger charge is -2.21. The van der Waals surface area contributed by atoms with Crippen molar-refractivity contribution in [3.8, 4) is 0 Å². The maximum Gasteiger partial charge on any atom is 0.407 e. The number of ether oxygens (including phenoxy) is 2. The second kappa shape index (κ2) is 10.8. The molecule has 0 saturated carbocycles. The summed E-state index contributed by atoms with van der Waals surface area (Å²) in [7, 11) is 1.55. The Morgan fingerprint density at radius 2 is 1.66 bits per heavy atom. The van der Waals surface area contributed by atoms with Gasteiger partial charge in [0.15, 0.2) is 0 Å². The number of rotatable bonds is 7.